The van der Waals surface area contributed by atoms with E-state index in [1.54, 1.807) is 31.2 Å². The zero-order chi connectivity index (χ0) is 8.97. The molecule has 0 aromatic heterocycles. The maximum Gasteiger partial charge on any atom is 0.340 e. The van der Waals surface area contributed by atoms with Crippen LogP contribution >= 0.6 is 12.4 Å². The third-order valence-electron chi connectivity index (χ3n) is 1.46. The van der Waals surface area contributed by atoms with Crippen LogP contribution in [0.15, 0.2) is 24.3 Å². The lowest BCUT2D eigenvalue weighted by atomic mass is 10.2. The van der Waals surface area contributed by atoms with Gasteiger partial charge >= 0.3 is 5.97 Å². The van der Waals surface area contributed by atoms with Gasteiger partial charge in [-0.25, -0.2) is 4.79 Å². The van der Waals surface area contributed by atoms with Crippen LogP contribution in [0.5, 0.6) is 0 Å². The van der Waals surface area contributed by atoms with E-state index in [0.717, 1.165) is 0 Å². The van der Waals surface area contributed by atoms with Crippen molar-refractivity contribution >= 4 is 24.1 Å². The second-order valence-electron chi connectivity index (χ2n) is 2.31. The summed E-state index contributed by atoms with van der Waals surface area (Å²) >= 11 is 0. The summed E-state index contributed by atoms with van der Waals surface area (Å²) < 4.78 is 4.79. The van der Waals surface area contributed by atoms with E-state index in [4.69, 9.17) is 10.5 Å². The molecule has 0 aliphatic heterocycles. The van der Waals surface area contributed by atoms with Gasteiger partial charge in [-0.3, -0.25) is 0 Å². The summed E-state index contributed by atoms with van der Waals surface area (Å²) in [5, 5.41) is 0. The van der Waals surface area contributed by atoms with Crippen molar-refractivity contribution in [2.45, 2.75) is 6.92 Å². The van der Waals surface area contributed by atoms with Crippen molar-refractivity contribution in [3.63, 3.8) is 0 Å². The zero-order valence-electron chi connectivity index (χ0n) is 7.32. The lowest BCUT2D eigenvalue weighted by molar-refractivity contribution is 0.0527. The Labute approximate surface area is 83.3 Å². The van der Waals surface area contributed by atoms with Gasteiger partial charge in [0.05, 0.1) is 12.2 Å². The molecule has 0 bridgehead atoms. The van der Waals surface area contributed by atoms with Crippen molar-refractivity contribution in [2.24, 2.45) is 0 Å². The maximum atomic E-state index is 11.2. The normalized spacial score (nSPS) is 8.69. The quantitative estimate of drug-likeness (QED) is 0.587. The number of carbonyl (C=O) groups is 1. The molecule has 1 rings (SSSR count). The Morgan fingerprint density at radius 2 is 2.08 bits per heavy atom. The van der Waals surface area contributed by atoms with Gasteiger partial charge in [-0.15, -0.1) is 12.4 Å². The average Bonchev–Trinajstić information content (AvgIpc) is 2.05. The Morgan fingerprint density at radius 1 is 1.46 bits per heavy atom. The third kappa shape index (κ3) is 2.95. The van der Waals surface area contributed by atoms with Gasteiger partial charge in [0.1, 0.15) is 0 Å². The molecule has 0 aliphatic carbocycles. The molecule has 0 saturated heterocycles. The van der Waals surface area contributed by atoms with Crippen LogP contribution in [0.25, 0.3) is 0 Å². The Bertz CT molecular complexity index is 289. The third-order valence-corrected chi connectivity index (χ3v) is 1.46. The van der Waals surface area contributed by atoms with E-state index in [1.165, 1.54) is 0 Å². The van der Waals surface area contributed by atoms with E-state index in [1.807, 2.05) is 0 Å². The van der Waals surface area contributed by atoms with Gasteiger partial charge in [0.25, 0.3) is 0 Å². The van der Waals surface area contributed by atoms with Gasteiger partial charge in [-0.05, 0) is 19.1 Å². The molecule has 1 aromatic carbocycles. The number of hydrogen-bond donors (Lipinski definition) is 1. The molecule has 0 atom stereocenters. The van der Waals surface area contributed by atoms with Crippen LogP contribution in [-0.2, 0) is 4.74 Å². The van der Waals surface area contributed by atoms with Crippen molar-refractivity contribution in [1.29, 1.82) is 0 Å². The van der Waals surface area contributed by atoms with Gasteiger partial charge < -0.3 is 10.5 Å². The molecule has 0 unspecified atom stereocenters. The second-order valence-corrected chi connectivity index (χ2v) is 2.31. The van der Waals surface area contributed by atoms with Crippen LogP contribution in [0.3, 0.4) is 0 Å². The van der Waals surface area contributed by atoms with E-state index < -0.39 is 0 Å². The fraction of sp³-hybridized carbons (Fsp3) is 0.222. The van der Waals surface area contributed by atoms with E-state index in [-0.39, 0.29) is 18.4 Å². The molecule has 0 aliphatic rings. The second kappa shape index (κ2) is 5.43. The number of nitrogen functional groups attached to an aromatic ring is 1. The molecule has 4 heteroatoms. The average molecular weight is 202 g/mol. The van der Waals surface area contributed by atoms with Gasteiger partial charge in [0.2, 0.25) is 0 Å². The minimum Gasteiger partial charge on any atom is -0.462 e. The number of halogens is 1. The van der Waals surface area contributed by atoms with E-state index in [0.29, 0.717) is 17.9 Å². The number of benzene rings is 1. The van der Waals surface area contributed by atoms with E-state index in [9.17, 15) is 4.79 Å². The zero-order valence-corrected chi connectivity index (χ0v) is 8.14. The van der Waals surface area contributed by atoms with Crippen molar-refractivity contribution in [2.75, 3.05) is 12.3 Å². The van der Waals surface area contributed by atoms with Crippen molar-refractivity contribution in [3.05, 3.63) is 29.8 Å². The van der Waals surface area contributed by atoms with Crippen LogP contribution < -0.4 is 5.73 Å². The van der Waals surface area contributed by atoms with Crippen LogP contribution in [0.1, 0.15) is 17.3 Å². The van der Waals surface area contributed by atoms with Crippen LogP contribution in [0.4, 0.5) is 5.69 Å². The number of ether oxygens (including phenoxy) is 1. The number of hydrogen-bond acceptors (Lipinski definition) is 3. The van der Waals surface area contributed by atoms with Gasteiger partial charge in [0.15, 0.2) is 0 Å². The summed E-state index contributed by atoms with van der Waals surface area (Å²) in [6.45, 7) is 2.13. The Morgan fingerprint density at radius 3 is 2.62 bits per heavy atom. The molecular formula is C9H12ClNO2. The number of nitrogens with two attached hydrogens (primary N) is 1. The van der Waals surface area contributed by atoms with E-state index >= 15 is 0 Å². The smallest absolute Gasteiger partial charge is 0.340 e. The van der Waals surface area contributed by atoms with Crippen molar-refractivity contribution in [3.8, 4) is 0 Å². The first kappa shape index (κ1) is 11.8. The van der Waals surface area contributed by atoms with Crippen molar-refractivity contribution in [1.82, 2.24) is 0 Å². The highest BCUT2D eigenvalue weighted by molar-refractivity contribution is 5.94. The number of anilines is 1. The summed E-state index contributed by atoms with van der Waals surface area (Å²) in [6, 6.07) is 6.85. The summed E-state index contributed by atoms with van der Waals surface area (Å²) in [5.41, 5.74) is 6.44. The summed E-state index contributed by atoms with van der Waals surface area (Å²) in [6.07, 6.45) is 0. The highest BCUT2D eigenvalue weighted by Crippen LogP contribution is 2.11. The molecule has 0 heterocycles. The summed E-state index contributed by atoms with van der Waals surface area (Å²) in [4.78, 5) is 11.2. The first-order valence-corrected chi connectivity index (χ1v) is 3.77. The van der Waals surface area contributed by atoms with Crippen molar-refractivity contribution < 1.29 is 9.53 Å². The van der Waals surface area contributed by atoms with Crippen LogP contribution in [-0.4, -0.2) is 12.6 Å². The van der Waals surface area contributed by atoms with Gasteiger partial charge in [-0.2, -0.15) is 0 Å². The fourth-order valence-electron chi connectivity index (χ4n) is 0.892. The molecule has 13 heavy (non-hydrogen) atoms. The standard InChI is InChI=1S/C9H11NO2.ClH/c1-2-12-9(11)7-5-3-4-6-8(7)10;/h3-6H,2,10H2,1H3;1H. The number of rotatable bonds is 2. The Kier molecular flexibility index (Phi) is 4.92. The molecule has 0 spiro atoms. The lowest BCUT2D eigenvalue weighted by Gasteiger charge is -2.03. The molecule has 0 amide bonds. The lowest BCUT2D eigenvalue weighted by Crippen LogP contribution is -2.07. The Balaban J connectivity index is 0.00000144. The number of carbonyl (C=O) groups excluding carboxylic acids is 1. The summed E-state index contributed by atoms with van der Waals surface area (Å²) in [7, 11) is 0. The molecule has 1 aromatic rings. The Hall–Kier alpha value is -1.22. The minimum atomic E-state index is -0.365. The largest absolute Gasteiger partial charge is 0.462 e. The minimum absolute atomic E-state index is 0. The highest BCUT2D eigenvalue weighted by atomic mass is 35.5. The first-order chi connectivity index (χ1) is 5.75. The maximum absolute atomic E-state index is 11.2. The topological polar surface area (TPSA) is 52.3 Å². The number of para-hydroxylation sites is 1. The molecule has 0 radical (unpaired) electrons. The molecule has 3 nitrogen and oxygen atoms in total. The predicted octanol–water partition coefficient (Wildman–Crippen LogP) is 1.87. The highest BCUT2D eigenvalue weighted by Gasteiger charge is 2.08. The van der Waals surface area contributed by atoms with Gasteiger partial charge in [0, 0.05) is 5.69 Å². The molecule has 72 valence electrons. The number of esters is 1. The monoisotopic (exact) mass is 201 g/mol. The predicted molar refractivity (Wildman–Crippen MR) is 54.1 cm³/mol. The van der Waals surface area contributed by atoms with Crippen LogP contribution in [0.2, 0.25) is 0 Å². The van der Waals surface area contributed by atoms with Crippen LogP contribution in [0, 0.1) is 0 Å². The first-order valence-electron chi connectivity index (χ1n) is 3.77. The molecule has 0 fully saturated rings. The molecule has 2 N–H and O–H groups in total. The SMILES string of the molecule is CCOC(=O)c1ccccc1N.Cl. The summed E-state index contributed by atoms with van der Waals surface area (Å²) in [5.74, 6) is -0.365. The van der Waals surface area contributed by atoms with Gasteiger partial charge in [-0.1, -0.05) is 12.1 Å². The molecular weight excluding hydrogens is 190 g/mol. The fourth-order valence-corrected chi connectivity index (χ4v) is 0.892. The molecule has 0 saturated carbocycles. The van der Waals surface area contributed by atoms with E-state index in [2.05, 4.69) is 0 Å².